The molecular weight excluding hydrogens is 290 g/mol. The third kappa shape index (κ3) is 3.14. The molecule has 1 saturated carbocycles. The molecule has 1 aromatic heterocycles. The van der Waals surface area contributed by atoms with Gasteiger partial charge in [0.15, 0.2) is 0 Å². The van der Waals surface area contributed by atoms with E-state index in [2.05, 4.69) is 4.98 Å². The van der Waals surface area contributed by atoms with E-state index >= 15 is 0 Å². The maximum atomic E-state index is 12.4. The first-order valence-corrected chi connectivity index (χ1v) is 7.70. The van der Waals surface area contributed by atoms with Crippen LogP contribution in [0.1, 0.15) is 19.8 Å². The van der Waals surface area contributed by atoms with Crippen LogP contribution in [0.3, 0.4) is 0 Å². The Morgan fingerprint density at radius 3 is 2.76 bits per heavy atom. The van der Waals surface area contributed by atoms with Crippen molar-refractivity contribution in [3.63, 3.8) is 0 Å². The van der Waals surface area contributed by atoms with Gasteiger partial charge in [-0.3, -0.25) is 4.79 Å². The highest BCUT2D eigenvalue weighted by atomic mass is 35.5. The van der Waals surface area contributed by atoms with Gasteiger partial charge < -0.3 is 14.9 Å². The van der Waals surface area contributed by atoms with Crippen molar-refractivity contribution in [2.45, 2.75) is 25.9 Å². The van der Waals surface area contributed by atoms with Crippen molar-refractivity contribution in [2.75, 3.05) is 31.1 Å². The summed E-state index contributed by atoms with van der Waals surface area (Å²) in [7, 11) is 0. The molecule has 2 aliphatic rings. The van der Waals surface area contributed by atoms with E-state index in [4.69, 9.17) is 11.6 Å². The van der Waals surface area contributed by atoms with Crippen LogP contribution >= 0.6 is 11.6 Å². The zero-order chi connectivity index (χ0) is 15.0. The van der Waals surface area contributed by atoms with Crippen molar-refractivity contribution in [1.29, 1.82) is 0 Å². The first-order chi connectivity index (χ1) is 9.98. The van der Waals surface area contributed by atoms with Crippen molar-refractivity contribution in [3.05, 3.63) is 23.4 Å². The number of pyridine rings is 1. The number of nitrogens with zero attached hydrogens (tertiary/aromatic N) is 3. The molecule has 6 heteroatoms. The monoisotopic (exact) mass is 309 g/mol. The lowest BCUT2D eigenvalue weighted by molar-refractivity contribution is -0.137. The van der Waals surface area contributed by atoms with E-state index in [1.165, 1.54) is 0 Å². The van der Waals surface area contributed by atoms with E-state index < -0.39 is 6.10 Å². The highest BCUT2D eigenvalue weighted by molar-refractivity contribution is 6.30. The Morgan fingerprint density at radius 1 is 1.38 bits per heavy atom. The van der Waals surface area contributed by atoms with E-state index in [1.54, 1.807) is 17.2 Å². The minimum Gasteiger partial charge on any atom is -0.389 e. The number of anilines is 1. The van der Waals surface area contributed by atoms with Crippen molar-refractivity contribution in [3.8, 4) is 0 Å². The van der Waals surface area contributed by atoms with Gasteiger partial charge >= 0.3 is 0 Å². The summed E-state index contributed by atoms with van der Waals surface area (Å²) in [6.07, 6.45) is 2.96. The largest absolute Gasteiger partial charge is 0.389 e. The van der Waals surface area contributed by atoms with Crippen LogP contribution in [-0.2, 0) is 4.79 Å². The van der Waals surface area contributed by atoms with Crippen LogP contribution in [0, 0.1) is 5.41 Å². The van der Waals surface area contributed by atoms with Gasteiger partial charge in [-0.15, -0.1) is 0 Å². The molecule has 1 aliphatic heterocycles. The number of halogens is 1. The molecule has 114 valence electrons. The second-order valence-electron chi connectivity index (χ2n) is 6.25. The number of hydrogen-bond donors (Lipinski definition) is 1. The molecule has 21 heavy (non-hydrogen) atoms. The molecule has 1 saturated heterocycles. The normalized spacial score (nSPS) is 24.6. The molecule has 1 amide bonds. The molecule has 1 N–H and O–H groups in total. The molecule has 1 aromatic rings. The number of β-amino-alcohol motifs (C(OH)–C–C–N with tert-alkyl or cyclic N) is 1. The van der Waals surface area contributed by atoms with E-state index in [1.807, 2.05) is 17.9 Å². The fourth-order valence-corrected chi connectivity index (χ4v) is 2.83. The minimum absolute atomic E-state index is 0.174. The molecule has 3 rings (SSSR count). The smallest absolute Gasteiger partial charge is 0.228 e. The molecule has 1 aliphatic carbocycles. The zero-order valence-electron chi connectivity index (χ0n) is 12.1. The number of carbonyl (C=O) groups excluding carboxylic acids is 1. The van der Waals surface area contributed by atoms with Crippen molar-refractivity contribution < 1.29 is 9.90 Å². The number of aromatic nitrogens is 1. The average molecular weight is 310 g/mol. The molecule has 1 atom stereocenters. The van der Waals surface area contributed by atoms with Crippen molar-refractivity contribution in [1.82, 2.24) is 9.88 Å². The van der Waals surface area contributed by atoms with Gasteiger partial charge in [0.05, 0.1) is 11.1 Å². The van der Waals surface area contributed by atoms with Crippen LogP contribution in [0.2, 0.25) is 5.02 Å². The quantitative estimate of drug-likeness (QED) is 0.900. The number of aliphatic hydroxyl groups excluding tert-OH is 1. The lowest BCUT2D eigenvalue weighted by atomic mass is 10.1. The summed E-state index contributed by atoms with van der Waals surface area (Å²) in [6, 6.07) is 3.63. The molecule has 0 bridgehead atoms. The number of amides is 1. The van der Waals surface area contributed by atoms with Gasteiger partial charge in [-0.25, -0.2) is 4.98 Å². The summed E-state index contributed by atoms with van der Waals surface area (Å²) in [5.41, 5.74) is -0.187. The average Bonchev–Trinajstić information content (AvgIpc) is 3.23. The third-order valence-corrected chi connectivity index (χ3v) is 4.56. The number of rotatable bonds is 2. The summed E-state index contributed by atoms with van der Waals surface area (Å²) in [4.78, 5) is 20.5. The predicted molar refractivity (Wildman–Crippen MR) is 81.4 cm³/mol. The van der Waals surface area contributed by atoms with Crippen molar-refractivity contribution >= 4 is 23.3 Å². The SMILES string of the molecule is CC1(C(=O)N2CCN(c3ccc(Cl)cn3)C[C@H](O)C2)CC1. The van der Waals surface area contributed by atoms with Gasteiger partial charge in [0.25, 0.3) is 0 Å². The van der Waals surface area contributed by atoms with E-state index in [-0.39, 0.29) is 11.3 Å². The molecule has 5 nitrogen and oxygen atoms in total. The van der Waals surface area contributed by atoms with Crippen LogP contribution in [0.4, 0.5) is 5.82 Å². The molecule has 0 unspecified atom stereocenters. The lowest BCUT2D eigenvalue weighted by Gasteiger charge is -2.25. The summed E-state index contributed by atoms with van der Waals surface area (Å²) < 4.78 is 0. The zero-order valence-corrected chi connectivity index (χ0v) is 12.9. The van der Waals surface area contributed by atoms with Gasteiger partial charge in [0.1, 0.15) is 5.82 Å². The van der Waals surface area contributed by atoms with Crippen LogP contribution in [0.25, 0.3) is 0 Å². The van der Waals surface area contributed by atoms with Crippen LogP contribution in [-0.4, -0.2) is 53.2 Å². The second-order valence-corrected chi connectivity index (χ2v) is 6.68. The summed E-state index contributed by atoms with van der Waals surface area (Å²) in [5.74, 6) is 0.956. The molecule has 0 spiro atoms. The van der Waals surface area contributed by atoms with Crippen LogP contribution in [0.5, 0.6) is 0 Å². The van der Waals surface area contributed by atoms with Crippen LogP contribution < -0.4 is 4.90 Å². The lowest BCUT2D eigenvalue weighted by Crippen LogP contribution is -2.41. The molecular formula is C15H20ClN3O2. The Kier molecular flexibility index (Phi) is 3.80. The molecule has 2 heterocycles. The summed E-state index contributed by atoms with van der Waals surface area (Å²) in [6.45, 7) is 4.18. The molecule has 0 aromatic carbocycles. The second kappa shape index (κ2) is 5.46. The van der Waals surface area contributed by atoms with E-state index in [0.717, 1.165) is 18.7 Å². The van der Waals surface area contributed by atoms with Gasteiger partial charge in [-0.05, 0) is 25.0 Å². The topological polar surface area (TPSA) is 56.7 Å². The first kappa shape index (κ1) is 14.6. The van der Waals surface area contributed by atoms with E-state index in [9.17, 15) is 9.90 Å². The minimum atomic E-state index is -0.559. The fourth-order valence-electron chi connectivity index (χ4n) is 2.72. The highest BCUT2D eigenvalue weighted by Crippen LogP contribution is 2.46. The highest BCUT2D eigenvalue weighted by Gasteiger charge is 2.47. The Morgan fingerprint density at radius 2 is 2.14 bits per heavy atom. The van der Waals surface area contributed by atoms with Crippen LogP contribution in [0.15, 0.2) is 18.3 Å². The maximum absolute atomic E-state index is 12.4. The van der Waals surface area contributed by atoms with Gasteiger partial charge in [-0.1, -0.05) is 18.5 Å². The summed E-state index contributed by atoms with van der Waals surface area (Å²) >= 11 is 5.85. The standard InChI is InChI=1S/C15H20ClN3O2/c1-15(4-5-15)14(21)19-7-6-18(9-12(20)10-19)13-3-2-11(16)8-17-13/h2-3,8,12,20H,4-7,9-10H2,1H3/t12-/m0/s1. The maximum Gasteiger partial charge on any atom is 0.228 e. The Balaban J connectivity index is 1.70. The van der Waals surface area contributed by atoms with Gasteiger partial charge in [0, 0.05) is 37.8 Å². The fraction of sp³-hybridized carbons (Fsp3) is 0.600. The van der Waals surface area contributed by atoms with Crippen molar-refractivity contribution in [2.24, 2.45) is 5.41 Å². The summed E-state index contributed by atoms with van der Waals surface area (Å²) in [5, 5.41) is 10.8. The first-order valence-electron chi connectivity index (χ1n) is 7.32. The third-order valence-electron chi connectivity index (χ3n) is 4.34. The Bertz CT molecular complexity index is 530. The number of hydrogen-bond acceptors (Lipinski definition) is 4. The Hall–Kier alpha value is -1.33. The van der Waals surface area contributed by atoms with E-state index in [0.29, 0.717) is 31.2 Å². The Labute approximate surface area is 129 Å². The number of carbonyl (C=O) groups is 1. The molecule has 2 fully saturated rings. The number of aliphatic hydroxyl groups is 1. The van der Waals surface area contributed by atoms with Gasteiger partial charge in [-0.2, -0.15) is 0 Å². The predicted octanol–water partition coefficient (Wildman–Crippen LogP) is 1.54. The molecule has 0 radical (unpaired) electrons. The van der Waals surface area contributed by atoms with Gasteiger partial charge in [0.2, 0.25) is 5.91 Å².